The fourth-order valence-electron chi connectivity index (χ4n) is 1.83. The summed E-state index contributed by atoms with van der Waals surface area (Å²) in [4.78, 5) is 24.3. The molecule has 0 aliphatic heterocycles. The predicted molar refractivity (Wildman–Crippen MR) is 64.7 cm³/mol. The number of carbonyl (C=O) groups is 1. The Morgan fingerprint density at radius 3 is 2.57 bits per heavy atom. The summed E-state index contributed by atoms with van der Waals surface area (Å²) in [5.41, 5.74) is 0. The Morgan fingerprint density at radius 1 is 1.43 bits per heavy atom. The van der Waals surface area contributed by atoms with Crippen molar-refractivity contribution in [2.45, 2.75) is 44.3 Å². The van der Waals surface area contributed by atoms with Gasteiger partial charge in [-0.1, -0.05) is 12.8 Å². The van der Waals surface area contributed by atoms with Gasteiger partial charge in [-0.25, -0.2) is 4.79 Å². The van der Waals surface area contributed by atoms with E-state index in [9.17, 15) is 28.1 Å². The van der Waals surface area contributed by atoms with Crippen molar-refractivity contribution >= 4 is 11.8 Å². The van der Waals surface area contributed by atoms with Crippen LogP contribution >= 0.6 is 0 Å². The van der Waals surface area contributed by atoms with Crippen molar-refractivity contribution in [3.63, 3.8) is 0 Å². The summed E-state index contributed by atoms with van der Waals surface area (Å²) in [5.74, 6) is -1.68. The fraction of sp³-hybridized carbons (Fsp3) is 0.636. The standard InChI is InChI=1S/C11H14F3N3O4/c12-11(13,14)5-3-1-2-4-8(10(18)19)16-6-9(15-7-16)17(20)21/h6-8H,1-5H2,(H,18,19). The lowest BCUT2D eigenvalue weighted by atomic mass is 10.1. The molecule has 0 bridgehead atoms. The van der Waals surface area contributed by atoms with E-state index in [2.05, 4.69) is 4.98 Å². The van der Waals surface area contributed by atoms with Crippen LogP contribution in [0.2, 0.25) is 0 Å². The monoisotopic (exact) mass is 309 g/mol. The van der Waals surface area contributed by atoms with Crippen molar-refractivity contribution in [1.82, 2.24) is 9.55 Å². The van der Waals surface area contributed by atoms with Crippen LogP contribution in [0.25, 0.3) is 0 Å². The van der Waals surface area contributed by atoms with E-state index in [0.717, 1.165) is 17.1 Å². The van der Waals surface area contributed by atoms with Crippen LogP contribution in [0.4, 0.5) is 19.0 Å². The van der Waals surface area contributed by atoms with Gasteiger partial charge in [0, 0.05) is 6.42 Å². The van der Waals surface area contributed by atoms with Crippen LogP contribution in [0.15, 0.2) is 12.5 Å². The van der Waals surface area contributed by atoms with Crippen LogP contribution in [0.1, 0.15) is 38.1 Å². The number of nitrogens with zero attached hydrogens (tertiary/aromatic N) is 3. The lowest BCUT2D eigenvalue weighted by molar-refractivity contribution is -0.389. The van der Waals surface area contributed by atoms with Crippen molar-refractivity contribution in [3.8, 4) is 0 Å². The Kier molecular flexibility index (Phi) is 5.68. The van der Waals surface area contributed by atoms with Gasteiger partial charge in [-0.05, 0) is 22.7 Å². The Labute approximate surface area is 117 Å². The molecule has 10 heteroatoms. The highest BCUT2D eigenvalue weighted by atomic mass is 19.4. The van der Waals surface area contributed by atoms with Crippen molar-refractivity contribution in [2.75, 3.05) is 0 Å². The van der Waals surface area contributed by atoms with Crippen LogP contribution in [-0.4, -0.2) is 31.7 Å². The van der Waals surface area contributed by atoms with E-state index in [1.807, 2.05) is 0 Å². The number of hydrogen-bond acceptors (Lipinski definition) is 4. The first-order chi connectivity index (χ1) is 9.70. The second kappa shape index (κ2) is 7.04. The first-order valence-electron chi connectivity index (χ1n) is 6.18. The van der Waals surface area contributed by atoms with Gasteiger partial charge in [-0.15, -0.1) is 0 Å². The molecule has 1 unspecified atom stereocenters. The van der Waals surface area contributed by atoms with Gasteiger partial charge in [0.15, 0.2) is 0 Å². The third-order valence-corrected chi connectivity index (χ3v) is 2.86. The maximum atomic E-state index is 11.9. The van der Waals surface area contributed by atoms with Crippen molar-refractivity contribution in [2.24, 2.45) is 0 Å². The van der Waals surface area contributed by atoms with E-state index in [1.54, 1.807) is 0 Å². The van der Waals surface area contributed by atoms with Crippen LogP contribution < -0.4 is 0 Å². The minimum Gasteiger partial charge on any atom is -0.480 e. The number of hydrogen-bond donors (Lipinski definition) is 1. The van der Waals surface area contributed by atoms with E-state index < -0.39 is 35.3 Å². The largest absolute Gasteiger partial charge is 0.480 e. The summed E-state index contributed by atoms with van der Waals surface area (Å²) in [5, 5.41) is 19.5. The lowest BCUT2D eigenvalue weighted by Crippen LogP contribution is -2.17. The van der Waals surface area contributed by atoms with Crippen LogP contribution in [0.5, 0.6) is 0 Å². The minimum atomic E-state index is -4.21. The average molecular weight is 309 g/mol. The van der Waals surface area contributed by atoms with E-state index >= 15 is 0 Å². The van der Waals surface area contributed by atoms with Gasteiger partial charge in [0.1, 0.15) is 12.2 Å². The first kappa shape index (κ1) is 16.9. The summed E-state index contributed by atoms with van der Waals surface area (Å²) in [6, 6.07) is -1.07. The summed E-state index contributed by atoms with van der Waals surface area (Å²) < 4.78 is 36.9. The highest BCUT2D eigenvalue weighted by Gasteiger charge is 2.26. The quantitative estimate of drug-likeness (QED) is 0.452. The van der Waals surface area contributed by atoms with Crippen LogP contribution in [0.3, 0.4) is 0 Å². The highest BCUT2D eigenvalue weighted by molar-refractivity contribution is 5.71. The fourth-order valence-corrected chi connectivity index (χ4v) is 1.83. The van der Waals surface area contributed by atoms with Gasteiger partial charge in [0.2, 0.25) is 6.33 Å². The molecule has 1 heterocycles. The number of nitro groups is 1. The zero-order valence-electron chi connectivity index (χ0n) is 10.9. The molecule has 0 aromatic carbocycles. The molecule has 0 radical (unpaired) electrons. The van der Waals surface area contributed by atoms with Gasteiger partial charge in [0.05, 0.1) is 0 Å². The molecular weight excluding hydrogens is 295 g/mol. The second-order valence-electron chi connectivity index (χ2n) is 4.50. The van der Waals surface area contributed by atoms with Gasteiger partial charge in [-0.3, -0.25) is 4.57 Å². The second-order valence-corrected chi connectivity index (χ2v) is 4.50. The molecule has 7 nitrogen and oxygen atoms in total. The summed E-state index contributed by atoms with van der Waals surface area (Å²) in [7, 11) is 0. The zero-order valence-corrected chi connectivity index (χ0v) is 10.9. The Hall–Kier alpha value is -2.13. The Bertz CT molecular complexity index is 501. The molecule has 0 spiro atoms. The molecule has 1 aromatic rings. The van der Waals surface area contributed by atoms with Gasteiger partial charge in [-0.2, -0.15) is 13.2 Å². The summed E-state index contributed by atoms with van der Waals surface area (Å²) >= 11 is 0. The minimum absolute atomic E-state index is 0.0695. The Balaban J connectivity index is 2.50. The molecule has 0 aliphatic carbocycles. The number of imidazole rings is 1. The van der Waals surface area contributed by atoms with E-state index in [-0.39, 0.29) is 25.7 Å². The predicted octanol–water partition coefficient (Wildman–Crippen LogP) is 2.93. The summed E-state index contributed by atoms with van der Waals surface area (Å²) in [6.07, 6.45) is -2.56. The molecule has 1 rings (SSSR count). The van der Waals surface area contributed by atoms with E-state index in [0.29, 0.717) is 0 Å². The van der Waals surface area contributed by atoms with Gasteiger partial charge in [0.25, 0.3) is 0 Å². The molecule has 0 amide bonds. The summed E-state index contributed by atoms with van der Waals surface area (Å²) in [6.45, 7) is 0. The number of aromatic nitrogens is 2. The molecule has 1 atom stereocenters. The number of carboxylic acid groups (broad SMARTS) is 1. The van der Waals surface area contributed by atoms with Crippen molar-refractivity contribution in [1.29, 1.82) is 0 Å². The third kappa shape index (κ3) is 5.79. The van der Waals surface area contributed by atoms with E-state index in [1.165, 1.54) is 0 Å². The number of alkyl halides is 3. The first-order valence-corrected chi connectivity index (χ1v) is 6.18. The molecule has 118 valence electrons. The van der Waals surface area contributed by atoms with Gasteiger partial charge >= 0.3 is 18.0 Å². The molecule has 0 fully saturated rings. The molecular formula is C11H14F3N3O4. The maximum Gasteiger partial charge on any atom is 0.389 e. The smallest absolute Gasteiger partial charge is 0.389 e. The molecule has 0 aliphatic rings. The third-order valence-electron chi connectivity index (χ3n) is 2.86. The molecule has 1 N–H and O–H groups in total. The number of unbranched alkanes of at least 4 members (excludes halogenated alkanes) is 2. The topological polar surface area (TPSA) is 98.3 Å². The van der Waals surface area contributed by atoms with Crippen molar-refractivity contribution < 1.29 is 28.0 Å². The number of rotatable bonds is 8. The highest BCUT2D eigenvalue weighted by Crippen LogP contribution is 2.24. The molecule has 1 aromatic heterocycles. The zero-order chi connectivity index (χ0) is 16.0. The van der Waals surface area contributed by atoms with Crippen LogP contribution in [0, 0.1) is 10.1 Å². The Morgan fingerprint density at radius 2 is 2.10 bits per heavy atom. The molecule has 0 saturated carbocycles. The van der Waals surface area contributed by atoms with Crippen LogP contribution in [-0.2, 0) is 4.79 Å². The number of aliphatic carboxylic acids is 1. The van der Waals surface area contributed by atoms with Crippen molar-refractivity contribution in [3.05, 3.63) is 22.6 Å². The SMILES string of the molecule is O=C(O)C(CCCCCC(F)(F)F)n1cnc([N+](=O)[O-])c1. The number of halogens is 3. The average Bonchev–Trinajstić information content (AvgIpc) is 2.81. The lowest BCUT2D eigenvalue weighted by Gasteiger charge is -2.12. The van der Waals surface area contributed by atoms with Gasteiger partial charge < -0.3 is 15.2 Å². The molecule has 0 saturated heterocycles. The molecule has 21 heavy (non-hydrogen) atoms. The van der Waals surface area contributed by atoms with E-state index in [4.69, 9.17) is 5.11 Å². The normalized spacial score (nSPS) is 13.1. The maximum absolute atomic E-state index is 11.9. The number of carboxylic acids is 1.